The van der Waals surface area contributed by atoms with E-state index in [9.17, 15) is 0 Å². The molecule has 3 nitrogen and oxygen atoms in total. The molecule has 0 saturated carbocycles. The predicted molar refractivity (Wildman–Crippen MR) is 87.5 cm³/mol. The van der Waals surface area contributed by atoms with Crippen molar-refractivity contribution in [3.05, 3.63) is 40.1 Å². The number of aromatic nitrogens is 2. The minimum Gasteiger partial charge on any atom is -0.486 e. The molecule has 5 heteroatoms. The van der Waals surface area contributed by atoms with Crippen molar-refractivity contribution in [3.8, 4) is 5.75 Å². The lowest BCUT2D eigenvalue weighted by molar-refractivity contribution is 0.285. The first-order chi connectivity index (χ1) is 9.71. The van der Waals surface area contributed by atoms with E-state index >= 15 is 0 Å². The van der Waals surface area contributed by atoms with Crippen molar-refractivity contribution in [2.24, 2.45) is 0 Å². The SMILES string of the molecule is CCc1nn(CC)c(COc2ccccc2SC)c1Br. The van der Waals surface area contributed by atoms with Crippen molar-refractivity contribution in [1.29, 1.82) is 0 Å². The first-order valence-electron chi connectivity index (χ1n) is 6.71. The Morgan fingerprint density at radius 2 is 2.05 bits per heavy atom. The van der Waals surface area contributed by atoms with Crippen LogP contribution in [0.2, 0.25) is 0 Å². The molecular formula is C15H19BrN2OS. The van der Waals surface area contributed by atoms with E-state index in [4.69, 9.17) is 4.74 Å². The quantitative estimate of drug-likeness (QED) is 0.713. The van der Waals surface area contributed by atoms with E-state index in [1.807, 2.05) is 22.9 Å². The van der Waals surface area contributed by atoms with Gasteiger partial charge in [0, 0.05) is 11.4 Å². The number of hydrogen-bond donors (Lipinski definition) is 0. The van der Waals surface area contributed by atoms with Gasteiger partial charge in [-0.3, -0.25) is 4.68 Å². The highest BCUT2D eigenvalue weighted by Crippen LogP contribution is 2.29. The number of aryl methyl sites for hydroxylation is 2. The Labute approximate surface area is 132 Å². The molecule has 0 amide bonds. The molecule has 0 unspecified atom stereocenters. The van der Waals surface area contributed by atoms with Gasteiger partial charge in [0.15, 0.2) is 0 Å². The summed E-state index contributed by atoms with van der Waals surface area (Å²) in [6.07, 6.45) is 2.98. The molecule has 1 heterocycles. The van der Waals surface area contributed by atoms with Gasteiger partial charge in [-0.25, -0.2) is 0 Å². The van der Waals surface area contributed by atoms with Gasteiger partial charge in [0.25, 0.3) is 0 Å². The molecule has 2 aromatic rings. The van der Waals surface area contributed by atoms with Crippen LogP contribution >= 0.6 is 27.7 Å². The zero-order valence-corrected chi connectivity index (χ0v) is 14.4. The third kappa shape index (κ3) is 3.20. The van der Waals surface area contributed by atoms with Gasteiger partial charge in [-0.1, -0.05) is 19.1 Å². The minimum absolute atomic E-state index is 0.527. The molecule has 0 N–H and O–H groups in total. The standard InChI is InChI=1S/C15H19BrN2OS/c1-4-11-15(16)12(18(5-2)17-11)10-19-13-8-6-7-9-14(13)20-3/h6-9H,4-5,10H2,1-3H3. The summed E-state index contributed by atoms with van der Waals surface area (Å²) in [5.41, 5.74) is 2.18. The molecule has 20 heavy (non-hydrogen) atoms. The predicted octanol–water partition coefficient (Wildman–Crippen LogP) is 4.53. The average molecular weight is 355 g/mol. The molecule has 0 radical (unpaired) electrons. The molecule has 0 spiro atoms. The Morgan fingerprint density at radius 3 is 2.70 bits per heavy atom. The Kier molecular flexibility index (Phi) is 5.54. The largest absolute Gasteiger partial charge is 0.486 e. The summed E-state index contributed by atoms with van der Waals surface area (Å²) in [4.78, 5) is 1.15. The topological polar surface area (TPSA) is 27.1 Å². The van der Waals surface area contributed by atoms with Crippen LogP contribution in [0.3, 0.4) is 0 Å². The van der Waals surface area contributed by atoms with E-state index in [2.05, 4.69) is 47.2 Å². The molecule has 0 aliphatic rings. The molecule has 1 aromatic heterocycles. The summed E-state index contributed by atoms with van der Waals surface area (Å²) in [6.45, 7) is 5.58. The smallest absolute Gasteiger partial charge is 0.133 e. The van der Waals surface area contributed by atoms with E-state index in [1.54, 1.807) is 11.8 Å². The fraction of sp³-hybridized carbons (Fsp3) is 0.400. The molecule has 0 saturated heterocycles. The fourth-order valence-corrected chi connectivity index (χ4v) is 3.26. The van der Waals surface area contributed by atoms with Crippen LogP contribution in [0, 0.1) is 0 Å². The number of para-hydroxylation sites is 1. The van der Waals surface area contributed by atoms with Gasteiger partial charge in [-0.2, -0.15) is 5.10 Å². The van der Waals surface area contributed by atoms with Gasteiger partial charge in [0.1, 0.15) is 12.4 Å². The molecule has 0 aliphatic carbocycles. The molecule has 0 fully saturated rings. The Morgan fingerprint density at radius 1 is 1.30 bits per heavy atom. The van der Waals surface area contributed by atoms with Gasteiger partial charge < -0.3 is 4.74 Å². The average Bonchev–Trinajstić information content (AvgIpc) is 2.81. The van der Waals surface area contributed by atoms with Crippen LogP contribution < -0.4 is 4.74 Å². The number of benzene rings is 1. The maximum atomic E-state index is 5.98. The summed E-state index contributed by atoms with van der Waals surface area (Å²) < 4.78 is 9.06. The van der Waals surface area contributed by atoms with E-state index in [1.165, 1.54) is 0 Å². The normalized spacial score (nSPS) is 10.8. The zero-order chi connectivity index (χ0) is 14.5. The second-order valence-electron chi connectivity index (χ2n) is 4.32. The Hall–Kier alpha value is -0.940. The van der Waals surface area contributed by atoms with Gasteiger partial charge >= 0.3 is 0 Å². The summed E-state index contributed by atoms with van der Waals surface area (Å²) in [7, 11) is 0. The number of halogens is 1. The van der Waals surface area contributed by atoms with Crippen LogP contribution in [-0.4, -0.2) is 16.0 Å². The molecule has 0 aliphatic heterocycles. The van der Waals surface area contributed by atoms with E-state index in [-0.39, 0.29) is 0 Å². The van der Waals surface area contributed by atoms with Crippen molar-refractivity contribution in [1.82, 2.24) is 9.78 Å². The van der Waals surface area contributed by atoms with Crippen LogP contribution in [0.1, 0.15) is 25.2 Å². The highest BCUT2D eigenvalue weighted by molar-refractivity contribution is 9.10. The maximum Gasteiger partial charge on any atom is 0.133 e. The zero-order valence-electron chi connectivity index (χ0n) is 12.0. The lowest BCUT2D eigenvalue weighted by atomic mass is 10.3. The van der Waals surface area contributed by atoms with Crippen LogP contribution in [0.15, 0.2) is 33.6 Å². The lowest BCUT2D eigenvalue weighted by Gasteiger charge is -2.11. The molecule has 0 bridgehead atoms. The third-order valence-corrected chi connectivity index (χ3v) is 4.82. The van der Waals surface area contributed by atoms with Gasteiger partial charge in [0.2, 0.25) is 0 Å². The monoisotopic (exact) mass is 354 g/mol. The van der Waals surface area contributed by atoms with Gasteiger partial charge in [0.05, 0.1) is 15.9 Å². The van der Waals surface area contributed by atoms with Crippen LogP contribution in [-0.2, 0) is 19.6 Å². The summed E-state index contributed by atoms with van der Waals surface area (Å²) in [6, 6.07) is 8.11. The number of ether oxygens (including phenoxy) is 1. The van der Waals surface area contributed by atoms with Crippen LogP contribution in [0.25, 0.3) is 0 Å². The Balaban J connectivity index is 2.20. The summed E-state index contributed by atoms with van der Waals surface area (Å²) in [5.74, 6) is 0.925. The number of thioether (sulfide) groups is 1. The molecule has 0 atom stereocenters. The van der Waals surface area contributed by atoms with Crippen molar-refractivity contribution < 1.29 is 4.74 Å². The first kappa shape index (κ1) is 15.4. The number of hydrogen-bond acceptors (Lipinski definition) is 3. The van der Waals surface area contributed by atoms with E-state index in [0.717, 1.165) is 39.5 Å². The fourth-order valence-electron chi connectivity index (χ4n) is 2.04. The molecule has 108 valence electrons. The molecular weight excluding hydrogens is 336 g/mol. The number of rotatable bonds is 6. The lowest BCUT2D eigenvalue weighted by Crippen LogP contribution is -2.07. The van der Waals surface area contributed by atoms with Crippen LogP contribution in [0.5, 0.6) is 5.75 Å². The maximum absolute atomic E-state index is 5.98. The molecule has 2 rings (SSSR count). The van der Waals surface area contributed by atoms with E-state index in [0.29, 0.717) is 6.61 Å². The second kappa shape index (κ2) is 7.18. The summed E-state index contributed by atoms with van der Waals surface area (Å²) >= 11 is 5.34. The van der Waals surface area contributed by atoms with Crippen molar-refractivity contribution in [2.75, 3.05) is 6.26 Å². The van der Waals surface area contributed by atoms with Gasteiger partial charge in [-0.05, 0) is 47.7 Å². The van der Waals surface area contributed by atoms with E-state index < -0.39 is 0 Å². The highest BCUT2D eigenvalue weighted by atomic mass is 79.9. The van der Waals surface area contributed by atoms with Gasteiger partial charge in [-0.15, -0.1) is 11.8 Å². The second-order valence-corrected chi connectivity index (χ2v) is 5.96. The summed E-state index contributed by atoms with van der Waals surface area (Å²) in [5, 5.41) is 4.59. The number of nitrogens with zero attached hydrogens (tertiary/aromatic N) is 2. The van der Waals surface area contributed by atoms with Crippen molar-refractivity contribution in [2.45, 2.75) is 38.3 Å². The minimum atomic E-state index is 0.527. The Bertz CT molecular complexity index is 583. The first-order valence-corrected chi connectivity index (χ1v) is 8.72. The highest BCUT2D eigenvalue weighted by Gasteiger charge is 2.14. The van der Waals surface area contributed by atoms with Crippen molar-refractivity contribution in [3.63, 3.8) is 0 Å². The van der Waals surface area contributed by atoms with Crippen molar-refractivity contribution >= 4 is 27.7 Å². The third-order valence-electron chi connectivity index (χ3n) is 3.13. The van der Waals surface area contributed by atoms with Crippen LogP contribution in [0.4, 0.5) is 0 Å². The molecule has 1 aromatic carbocycles.